The summed E-state index contributed by atoms with van der Waals surface area (Å²) in [4.78, 5) is 0. The van der Waals surface area contributed by atoms with Gasteiger partial charge in [0.05, 0.1) is 0 Å². The molecule has 3 aliphatic carbocycles. The van der Waals surface area contributed by atoms with Gasteiger partial charge in [0.2, 0.25) is 0 Å². The molecular formula is C15H27NS. The van der Waals surface area contributed by atoms with Crippen molar-refractivity contribution in [2.24, 2.45) is 23.7 Å². The van der Waals surface area contributed by atoms with Gasteiger partial charge in [-0.2, -0.15) is 11.8 Å². The Kier molecular flexibility index (Phi) is 4.01. The molecule has 0 aromatic carbocycles. The molecule has 0 radical (unpaired) electrons. The molecule has 2 heteroatoms. The van der Waals surface area contributed by atoms with Gasteiger partial charge in [-0.3, -0.25) is 0 Å². The van der Waals surface area contributed by atoms with Crippen LogP contribution >= 0.6 is 11.8 Å². The van der Waals surface area contributed by atoms with Crippen molar-refractivity contribution < 1.29 is 0 Å². The normalized spacial score (nSPS) is 43.2. The molecule has 98 valence electrons. The van der Waals surface area contributed by atoms with Crippen LogP contribution in [0.3, 0.4) is 0 Å². The first-order valence-electron chi connectivity index (χ1n) is 7.71. The first kappa shape index (κ1) is 12.3. The Labute approximate surface area is 111 Å². The number of hydrogen-bond donors (Lipinski definition) is 1. The molecule has 0 aromatic heterocycles. The van der Waals surface area contributed by atoms with E-state index in [1.807, 2.05) is 0 Å². The van der Waals surface area contributed by atoms with Gasteiger partial charge < -0.3 is 5.32 Å². The van der Waals surface area contributed by atoms with E-state index in [9.17, 15) is 0 Å². The predicted octanol–water partition coefficient (Wildman–Crippen LogP) is 3.54. The van der Waals surface area contributed by atoms with E-state index in [0.717, 1.165) is 29.7 Å². The van der Waals surface area contributed by atoms with Crippen molar-refractivity contribution in [3.05, 3.63) is 0 Å². The average Bonchev–Trinajstić information content (AvgIpc) is 3.00. The van der Waals surface area contributed by atoms with E-state index in [0.29, 0.717) is 0 Å². The molecule has 0 saturated heterocycles. The van der Waals surface area contributed by atoms with Crippen LogP contribution in [-0.4, -0.2) is 24.1 Å². The summed E-state index contributed by atoms with van der Waals surface area (Å²) >= 11 is 2.08. The van der Waals surface area contributed by atoms with Gasteiger partial charge in [0.1, 0.15) is 0 Å². The highest BCUT2D eigenvalue weighted by atomic mass is 32.2. The molecule has 3 rings (SSSR count). The van der Waals surface area contributed by atoms with Crippen LogP contribution in [0.5, 0.6) is 0 Å². The molecule has 3 aliphatic rings. The first-order valence-corrected chi connectivity index (χ1v) is 8.86. The summed E-state index contributed by atoms with van der Waals surface area (Å²) in [5.74, 6) is 7.06. The summed E-state index contributed by atoms with van der Waals surface area (Å²) in [7, 11) is 0. The maximum atomic E-state index is 3.87. The molecule has 2 bridgehead atoms. The lowest BCUT2D eigenvalue weighted by Gasteiger charge is -2.32. The van der Waals surface area contributed by atoms with Gasteiger partial charge in [0.15, 0.2) is 0 Å². The van der Waals surface area contributed by atoms with Crippen LogP contribution in [0.4, 0.5) is 0 Å². The second-order valence-corrected chi connectivity index (χ2v) is 7.66. The van der Waals surface area contributed by atoms with Crippen molar-refractivity contribution in [2.45, 2.75) is 51.5 Å². The highest BCUT2D eigenvalue weighted by molar-refractivity contribution is 7.99. The summed E-state index contributed by atoms with van der Waals surface area (Å²) in [6.45, 7) is 3.52. The van der Waals surface area contributed by atoms with Gasteiger partial charge in [-0.1, -0.05) is 13.3 Å². The monoisotopic (exact) mass is 253 g/mol. The number of nitrogens with one attached hydrogen (secondary N) is 1. The molecule has 0 heterocycles. The maximum Gasteiger partial charge on any atom is 0.0101 e. The van der Waals surface area contributed by atoms with Gasteiger partial charge in [0.25, 0.3) is 0 Å². The van der Waals surface area contributed by atoms with Gasteiger partial charge in [0, 0.05) is 6.04 Å². The second-order valence-electron chi connectivity index (χ2n) is 6.27. The minimum atomic E-state index is 0.894. The average molecular weight is 253 g/mol. The highest BCUT2D eigenvalue weighted by Gasteiger charge is 2.53. The fourth-order valence-corrected chi connectivity index (χ4v) is 5.55. The molecule has 0 aliphatic heterocycles. The first-order chi connectivity index (χ1) is 8.40. The van der Waals surface area contributed by atoms with E-state index in [1.165, 1.54) is 37.3 Å². The smallest absolute Gasteiger partial charge is 0.0101 e. The Morgan fingerprint density at radius 2 is 2.00 bits per heavy atom. The van der Waals surface area contributed by atoms with Gasteiger partial charge in [-0.25, -0.2) is 0 Å². The second kappa shape index (κ2) is 5.52. The van der Waals surface area contributed by atoms with E-state index >= 15 is 0 Å². The minimum absolute atomic E-state index is 0.894. The minimum Gasteiger partial charge on any atom is -0.314 e. The van der Waals surface area contributed by atoms with Crippen molar-refractivity contribution in [1.82, 2.24) is 5.32 Å². The maximum absolute atomic E-state index is 3.87. The molecule has 3 saturated carbocycles. The van der Waals surface area contributed by atoms with Crippen LogP contribution in [0.2, 0.25) is 0 Å². The van der Waals surface area contributed by atoms with E-state index in [-0.39, 0.29) is 0 Å². The molecule has 0 spiro atoms. The predicted molar refractivity (Wildman–Crippen MR) is 76.5 cm³/mol. The van der Waals surface area contributed by atoms with Crippen molar-refractivity contribution in [1.29, 1.82) is 0 Å². The van der Waals surface area contributed by atoms with E-state index in [1.54, 1.807) is 19.3 Å². The van der Waals surface area contributed by atoms with Crippen LogP contribution in [0, 0.1) is 23.7 Å². The molecule has 1 N–H and O–H groups in total. The molecule has 5 atom stereocenters. The van der Waals surface area contributed by atoms with Crippen molar-refractivity contribution in [3.8, 4) is 0 Å². The molecule has 1 nitrogen and oxygen atoms in total. The Balaban J connectivity index is 1.41. The van der Waals surface area contributed by atoms with Crippen molar-refractivity contribution in [3.63, 3.8) is 0 Å². The third kappa shape index (κ3) is 2.40. The van der Waals surface area contributed by atoms with Crippen LogP contribution in [0.15, 0.2) is 0 Å². The van der Waals surface area contributed by atoms with Crippen molar-refractivity contribution >= 4 is 11.8 Å². The van der Waals surface area contributed by atoms with Crippen LogP contribution in [0.25, 0.3) is 0 Å². The Morgan fingerprint density at radius 1 is 1.12 bits per heavy atom. The summed E-state index contributed by atoms with van der Waals surface area (Å²) in [6.07, 6.45) is 9.08. The third-order valence-corrected chi connectivity index (χ3v) is 6.49. The third-order valence-electron chi connectivity index (χ3n) is 5.50. The lowest BCUT2D eigenvalue weighted by molar-refractivity contribution is 0.209. The van der Waals surface area contributed by atoms with Gasteiger partial charge >= 0.3 is 0 Å². The molecule has 5 unspecified atom stereocenters. The lowest BCUT2D eigenvalue weighted by atomic mass is 9.79. The van der Waals surface area contributed by atoms with Gasteiger partial charge in [-0.15, -0.1) is 0 Å². The Bertz CT molecular complexity index is 255. The molecule has 0 aromatic rings. The number of hydrogen-bond acceptors (Lipinski definition) is 2. The van der Waals surface area contributed by atoms with E-state index in [2.05, 4.69) is 24.0 Å². The van der Waals surface area contributed by atoms with Crippen LogP contribution in [0.1, 0.15) is 45.4 Å². The number of thioether (sulfide) groups is 1. The molecule has 0 amide bonds. The fourth-order valence-electron chi connectivity index (χ4n) is 4.91. The zero-order valence-electron chi connectivity index (χ0n) is 11.2. The van der Waals surface area contributed by atoms with Crippen LogP contribution in [-0.2, 0) is 0 Å². The topological polar surface area (TPSA) is 12.0 Å². The van der Waals surface area contributed by atoms with Crippen LogP contribution < -0.4 is 5.32 Å². The van der Waals surface area contributed by atoms with E-state index < -0.39 is 0 Å². The summed E-state index contributed by atoms with van der Waals surface area (Å²) in [5, 5.41) is 3.87. The Morgan fingerprint density at radius 3 is 2.88 bits per heavy atom. The zero-order valence-corrected chi connectivity index (χ0v) is 12.0. The highest BCUT2D eigenvalue weighted by Crippen LogP contribution is 2.58. The largest absolute Gasteiger partial charge is 0.314 e. The lowest BCUT2D eigenvalue weighted by Crippen LogP contribution is -2.39. The molecular weight excluding hydrogens is 226 g/mol. The summed E-state index contributed by atoms with van der Waals surface area (Å²) in [5.41, 5.74) is 0. The number of rotatable bonds is 6. The SMILES string of the molecule is CCSCCCNC1CC2CC1C1CCCC21. The standard InChI is InChI=1S/C15H27NS/c1-2-17-8-4-7-16-15-10-11-9-14(15)13-6-3-5-12(11)13/h11-16H,2-10H2,1H3. The summed E-state index contributed by atoms with van der Waals surface area (Å²) < 4.78 is 0. The molecule has 17 heavy (non-hydrogen) atoms. The van der Waals surface area contributed by atoms with Gasteiger partial charge in [-0.05, 0) is 73.8 Å². The zero-order chi connectivity index (χ0) is 11.7. The fraction of sp³-hybridized carbons (Fsp3) is 1.00. The van der Waals surface area contributed by atoms with E-state index in [4.69, 9.17) is 0 Å². The summed E-state index contributed by atoms with van der Waals surface area (Å²) in [6, 6.07) is 0.894. The quantitative estimate of drug-likeness (QED) is 0.727. The number of fused-ring (bicyclic) bond motifs is 5. The molecule has 3 fully saturated rings. The van der Waals surface area contributed by atoms with Crippen molar-refractivity contribution in [2.75, 3.05) is 18.1 Å². The Hall–Kier alpha value is 0.310.